The molecule has 1 aliphatic heterocycles. The highest BCUT2D eigenvalue weighted by Crippen LogP contribution is 2.27. The van der Waals surface area contributed by atoms with Gasteiger partial charge in [0.1, 0.15) is 17.6 Å². The number of likely N-dealkylation sites (tertiary alicyclic amines) is 1. The minimum atomic E-state index is -0.688. The van der Waals surface area contributed by atoms with Crippen molar-refractivity contribution < 1.29 is 19.1 Å². The predicted molar refractivity (Wildman–Crippen MR) is 93.2 cm³/mol. The Balaban J connectivity index is 1.55. The molecule has 6 nitrogen and oxygen atoms in total. The number of amides is 2. The third kappa shape index (κ3) is 4.33. The second-order valence-corrected chi connectivity index (χ2v) is 6.27. The Morgan fingerprint density at radius 2 is 2.32 bits per heavy atom. The van der Waals surface area contributed by atoms with Crippen LogP contribution in [-0.4, -0.2) is 35.7 Å². The standard InChI is InChI=1S/C19H24N2O4/c1-24-16-7-2-5-14(11-16)13-20-19(23)21-9-3-6-15(21)12-17(22)18-8-4-10-25-18/h2,4-5,7-8,10-11,15,17,22H,3,6,9,12-13H2,1H3,(H,20,23). The van der Waals surface area contributed by atoms with E-state index in [2.05, 4.69) is 5.32 Å². The van der Waals surface area contributed by atoms with Crippen molar-refractivity contribution in [1.29, 1.82) is 0 Å². The van der Waals surface area contributed by atoms with Crippen LogP contribution < -0.4 is 10.1 Å². The average Bonchev–Trinajstić information content (AvgIpc) is 3.31. The van der Waals surface area contributed by atoms with E-state index in [1.807, 2.05) is 29.2 Å². The predicted octanol–water partition coefficient (Wildman–Crippen LogP) is 3.09. The quantitative estimate of drug-likeness (QED) is 0.844. The molecule has 1 aliphatic rings. The highest BCUT2D eigenvalue weighted by atomic mass is 16.5. The van der Waals surface area contributed by atoms with Gasteiger partial charge in [0.15, 0.2) is 0 Å². The summed E-state index contributed by atoms with van der Waals surface area (Å²) in [5.74, 6) is 1.32. The van der Waals surface area contributed by atoms with Crippen molar-refractivity contribution in [3.63, 3.8) is 0 Å². The lowest BCUT2D eigenvalue weighted by molar-refractivity contribution is 0.108. The Morgan fingerprint density at radius 3 is 3.08 bits per heavy atom. The van der Waals surface area contributed by atoms with E-state index in [4.69, 9.17) is 9.15 Å². The van der Waals surface area contributed by atoms with Gasteiger partial charge in [-0.05, 0) is 42.7 Å². The Kier molecular flexibility index (Phi) is 5.60. The zero-order chi connectivity index (χ0) is 17.6. The maximum absolute atomic E-state index is 12.5. The summed E-state index contributed by atoms with van der Waals surface area (Å²) >= 11 is 0. The van der Waals surface area contributed by atoms with E-state index in [0.29, 0.717) is 25.3 Å². The lowest BCUT2D eigenvalue weighted by atomic mass is 10.1. The largest absolute Gasteiger partial charge is 0.497 e. The van der Waals surface area contributed by atoms with Crippen LogP contribution in [0.1, 0.15) is 36.7 Å². The molecule has 0 radical (unpaired) electrons. The Morgan fingerprint density at radius 1 is 1.44 bits per heavy atom. The molecule has 0 spiro atoms. The number of benzene rings is 1. The zero-order valence-corrected chi connectivity index (χ0v) is 14.4. The summed E-state index contributed by atoms with van der Waals surface area (Å²) in [6.07, 6.45) is 3.19. The summed E-state index contributed by atoms with van der Waals surface area (Å²) in [7, 11) is 1.62. The molecule has 1 aromatic heterocycles. The maximum Gasteiger partial charge on any atom is 0.317 e. The minimum absolute atomic E-state index is 0.0189. The van der Waals surface area contributed by atoms with Crippen molar-refractivity contribution in [3.8, 4) is 5.75 Å². The number of aliphatic hydroxyl groups excluding tert-OH is 1. The van der Waals surface area contributed by atoms with Crippen LogP contribution in [0.4, 0.5) is 4.79 Å². The first-order chi connectivity index (χ1) is 12.2. The normalized spacial score (nSPS) is 18.2. The van der Waals surface area contributed by atoms with Gasteiger partial charge in [0.2, 0.25) is 0 Å². The first-order valence-corrected chi connectivity index (χ1v) is 8.56. The number of hydrogen-bond donors (Lipinski definition) is 2. The van der Waals surface area contributed by atoms with Gasteiger partial charge in [0.05, 0.1) is 13.4 Å². The molecule has 1 aromatic carbocycles. The van der Waals surface area contributed by atoms with Gasteiger partial charge in [0, 0.05) is 25.6 Å². The molecule has 2 aromatic rings. The molecule has 1 saturated heterocycles. The van der Waals surface area contributed by atoms with E-state index in [1.54, 1.807) is 25.5 Å². The van der Waals surface area contributed by atoms with Crippen LogP contribution in [0, 0.1) is 0 Å². The summed E-state index contributed by atoms with van der Waals surface area (Å²) in [6.45, 7) is 1.15. The smallest absolute Gasteiger partial charge is 0.317 e. The molecule has 25 heavy (non-hydrogen) atoms. The Labute approximate surface area is 147 Å². The molecule has 2 heterocycles. The number of aliphatic hydroxyl groups is 1. The first-order valence-electron chi connectivity index (χ1n) is 8.56. The highest BCUT2D eigenvalue weighted by Gasteiger charge is 2.31. The zero-order valence-electron chi connectivity index (χ0n) is 14.4. The first kappa shape index (κ1) is 17.4. The van der Waals surface area contributed by atoms with Crippen molar-refractivity contribution in [1.82, 2.24) is 10.2 Å². The Hall–Kier alpha value is -2.47. The van der Waals surface area contributed by atoms with Crippen LogP contribution >= 0.6 is 0 Å². The number of carbonyl (C=O) groups excluding carboxylic acids is 1. The van der Waals surface area contributed by atoms with Gasteiger partial charge < -0.3 is 24.5 Å². The van der Waals surface area contributed by atoms with E-state index in [-0.39, 0.29) is 12.1 Å². The maximum atomic E-state index is 12.5. The number of ether oxygens (including phenoxy) is 1. The number of hydrogen-bond acceptors (Lipinski definition) is 4. The third-order valence-corrected chi connectivity index (χ3v) is 4.58. The van der Waals surface area contributed by atoms with Gasteiger partial charge in [-0.1, -0.05) is 12.1 Å². The SMILES string of the molecule is COc1cccc(CNC(=O)N2CCCC2CC(O)c2ccco2)c1. The number of methoxy groups -OCH3 is 1. The van der Waals surface area contributed by atoms with Crippen LogP contribution in [0.25, 0.3) is 0 Å². The molecular weight excluding hydrogens is 320 g/mol. The molecule has 1 fully saturated rings. The van der Waals surface area contributed by atoms with Crippen molar-refractivity contribution in [2.45, 2.75) is 38.0 Å². The van der Waals surface area contributed by atoms with E-state index >= 15 is 0 Å². The lowest BCUT2D eigenvalue weighted by Crippen LogP contribution is -2.43. The minimum Gasteiger partial charge on any atom is -0.497 e. The molecule has 134 valence electrons. The van der Waals surface area contributed by atoms with Crippen LogP contribution in [0.15, 0.2) is 47.1 Å². The van der Waals surface area contributed by atoms with E-state index < -0.39 is 6.10 Å². The number of nitrogens with zero attached hydrogens (tertiary/aromatic N) is 1. The Bertz CT molecular complexity index is 686. The summed E-state index contributed by atoms with van der Waals surface area (Å²) in [4.78, 5) is 14.3. The van der Waals surface area contributed by atoms with Gasteiger partial charge in [0.25, 0.3) is 0 Å². The number of urea groups is 1. The summed E-state index contributed by atoms with van der Waals surface area (Å²) in [5.41, 5.74) is 0.985. The molecule has 2 N–H and O–H groups in total. The molecule has 0 bridgehead atoms. The third-order valence-electron chi connectivity index (χ3n) is 4.58. The van der Waals surface area contributed by atoms with Crippen LogP contribution in [0.2, 0.25) is 0 Å². The number of carbonyl (C=O) groups is 1. The fourth-order valence-electron chi connectivity index (χ4n) is 3.26. The molecule has 0 saturated carbocycles. The van der Waals surface area contributed by atoms with Gasteiger partial charge in [-0.2, -0.15) is 0 Å². The van der Waals surface area contributed by atoms with Gasteiger partial charge in [-0.3, -0.25) is 0 Å². The molecule has 2 unspecified atom stereocenters. The van der Waals surface area contributed by atoms with Crippen LogP contribution in [-0.2, 0) is 6.54 Å². The van der Waals surface area contributed by atoms with E-state index in [9.17, 15) is 9.90 Å². The topological polar surface area (TPSA) is 74.9 Å². The fourth-order valence-corrected chi connectivity index (χ4v) is 3.26. The van der Waals surface area contributed by atoms with Crippen LogP contribution in [0.3, 0.4) is 0 Å². The summed E-state index contributed by atoms with van der Waals surface area (Å²) < 4.78 is 10.4. The molecule has 6 heteroatoms. The van der Waals surface area contributed by atoms with Gasteiger partial charge in [-0.15, -0.1) is 0 Å². The molecule has 2 amide bonds. The molecule has 3 rings (SSSR count). The number of nitrogens with one attached hydrogen (secondary N) is 1. The average molecular weight is 344 g/mol. The summed E-state index contributed by atoms with van der Waals surface area (Å²) in [5, 5.41) is 13.2. The van der Waals surface area contributed by atoms with Crippen molar-refractivity contribution in [2.24, 2.45) is 0 Å². The highest BCUT2D eigenvalue weighted by molar-refractivity contribution is 5.74. The second-order valence-electron chi connectivity index (χ2n) is 6.27. The fraction of sp³-hybridized carbons (Fsp3) is 0.421. The molecular formula is C19H24N2O4. The van der Waals surface area contributed by atoms with E-state index in [0.717, 1.165) is 24.2 Å². The second kappa shape index (κ2) is 8.07. The van der Waals surface area contributed by atoms with Crippen molar-refractivity contribution in [3.05, 3.63) is 54.0 Å². The van der Waals surface area contributed by atoms with Gasteiger partial charge in [-0.25, -0.2) is 4.79 Å². The van der Waals surface area contributed by atoms with Crippen molar-refractivity contribution in [2.75, 3.05) is 13.7 Å². The molecule has 2 atom stereocenters. The molecule has 0 aliphatic carbocycles. The van der Waals surface area contributed by atoms with E-state index in [1.165, 1.54) is 0 Å². The monoisotopic (exact) mass is 344 g/mol. The lowest BCUT2D eigenvalue weighted by Gasteiger charge is -2.26. The number of rotatable bonds is 6. The van der Waals surface area contributed by atoms with Gasteiger partial charge >= 0.3 is 6.03 Å². The number of furan rings is 1. The summed E-state index contributed by atoms with van der Waals surface area (Å²) in [6, 6.07) is 11.1. The van der Waals surface area contributed by atoms with Crippen molar-refractivity contribution >= 4 is 6.03 Å². The van der Waals surface area contributed by atoms with Crippen LogP contribution in [0.5, 0.6) is 5.75 Å².